The third kappa shape index (κ3) is 3.64. The zero-order valence-electron chi connectivity index (χ0n) is 12.3. The highest BCUT2D eigenvalue weighted by atomic mass is 79.9. The summed E-state index contributed by atoms with van der Waals surface area (Å²) in [6, 6.07) is 7.94. The number of para-hydroxylation sites is 1. The van der Waals surface area contributed by atoms with E-state index >= 15 is 0 Å². The summed E-state index contributed by atoms with van der Waals surface area (Å²) in [6.07, 6.45) is 3.57. The van der Waals surface area contributed by atoms with E-state index in [0.717, 1.165) is 40.9 Å². The Balaban J connectivity index is 2.30. The summed E-state index contributed by atoms with van der Waals surface area (Å²) in [4.78, 5) is 0. The highest BCUT2D eigenvalue weighted by molar-refractivity contribution is 9.10. The maximum absolute atomic E-state index is 5.78. The molecule has 5 nitrogen and oxygen atoms in total. The van der Waals surface area contributed by atoms with Gasteiger partial charge < -0.3 is 4.74 Å². The molecular weight excluding hydrogens is 332 g/mol. The fourth-order valence-electron chi connectivity index (χ4n) is 2.43. The van der Waals surface area contributed by atoms with Crippen LogP contribution in [0.25, 0.3) is 0 Å². The van der Waals surface area contributed by atoms with Gasteiger partial charge in [0, 0.05) is 6.54 Å². The molecule has 0 aliphatic heterocycles. The zero-order valence-corrected chi connectivity index (χ0v) is 13.9. The maximum Gasteiger partial charge on any atom is 0.122 e. The van der Waals surface area contributed by atoms with Gasteiger partial charge in [-0.05, 0) is 40.4 Å². The molecule has 0 spiro atoms. The largest absolute Gasteiger partial charge is 0.496 e. The number of methoxy groups -OCH3 is 1. The molecule has 2 rings (SSSR count). The van der Waals surface area contributed by atoms with Gasteiger partial charge in [0.2, 0.25) is 0 Å². The number of ether oxygens (including phenoxy) is 1. The van der Waals surface area contributed by atoms with E-state index in [1.54, 1.807) is 7.11 Å². The van der Waals surface area contributed by atoms with E-state index in [1.807, 2.05) is 29.1 Å². The minimum Gasteiger partial charge on any atom is -0.496 e. The Hall–Kier alpha value is -1.37. The lowest BCUT2D eigenvalue weighted by Crippen LogP contribution is -2.32. The van der Waals surface area contributed by atoms with Crippen LogP contribution in [-0.4, -0.2) is 16.9 Å². The number of aromatic nitrogens is 2. The van der Waals surface area contributed by atoms with E-state index in [-0.39, 0.29) is 6.04 Å². The second kappa shape index (κ2) is 7.59. The third-order valence-electron chi connectivity index (χ3n) is 3.42. The first-order chi connectivity index (χ1) is 10.2. The Morgan fingerprint density at radius 1 is 1.43 bits per heavy atom. The normalized spacial score (nSPS) is 12.4. The van der Waals surface area contributed by atoms with Gasteiger partial charge in [-0.25, -0.2) is 0 Å². The first kappa shape index (κ1) is 16.0. The van der Waals surface area contributed by atoms with E-state index < -0.39 is 0 Å². The van der Waals surface area contributed by atoms with Crippen LogP contribution in [0.1, 0.15) is 30.6 Å². The lowest BCUT2D eigenvalue weighted by atomic mass is 10.0. The number of hydrazine groups is 1. The summed E-state index contributed by atoms with van der Waals surface area (Å²) < 4.78 is 8.37. The highest BCUT2D eigenvalue weighted by Crippen LogP contribution is 2.29. The molecule has 1 heterocycles. The van der Waals surface area contributed by atoms with Crippen LogP contribution in [0, 0.1) is 0 Å². The summed E-state index contributed by atoms with van der Waals surface area (Å²) in [5, 5.41) is 4.40. The molecule has 0 bridgehead atoms. The molecule has 1 atom stereocenters. The van der Waals surface area contributed by atoms with Crippen molar-refractivity contribution in [1.29, 1.82) is 0 Å². The van der Waals surface area contributed by atoms with E-state index in [0.29, 0.717) is 0 Å². The van der Waals surface area contributed by atoms with Gasteiger partial charge in [-0.2, -0.15) is 5.10 Å². The van der Waals surface area contributed by atoms with Crippen molar-refractivity contribution in [2.24, 2.45) is 5.84 Å². The second-order valence-corrected chi connectivity index (χ2v) is 5.69. The topological polar surface area (TPSA) is 65.1 Å². The summed E-state index contributed by atoms with van der Waals surface area (Å²) in [7, 11) is 1.68. The van der Waals surface area contributed by atoms with Crippen molar-refractivity contribution in [3.8, 4) is 5.75 Å². The van der Waals surface area contributed by atoms with Crippen LogP contribution in [0.4, 0.5) is 0 Å². The number of hydrogen-bond acceptors (Lipinski definition) is 4. The molecule has 1 aromatic carbocycles. The summed E-state index contributed by atoms with van der Waals surface area (Å²) in [6.45, 7) is 3.00. The van der Waals surface area contributed by atoms with E-state index in [9.17, 15) is 0 Å². The molecule has 0 radical (unpaired) electrons. The molecule has 0 saturated heterocycles. The number of nitrogens with one attached hydrogen (secondary N) is 1. The zero-order chi connectivity index (χ0) is 15.2. The molecule has 0 saturated carbocycles. The SMILES string of the molecule is CCCn1ncc(Br)c1C(Cc1ccccc1OC)NN. The smallest absolute Gasteiger partial charge is 0.122 e. The number of halogens is 1. The van der Waals surface area contributed by atoms with Gasteiger partial charge in [0.25, 0.3) is 0 Å². The highest BCUT2D eigenvalue weighted by Gasteiger charge is 2.20. The van der Waals surface area contributed by atoms with E-state index in [2.05, 4.69) is 39.4 Å². The Kier molecular flexibility index (Phi) is 5.78. The molecular formula is C15H21BrN4O. The van der Waals surface area contributed by atoms with Crippen LogP contribution < -0.4 is 16.0 Å². The molecule has 114 valence electrons. The molecule has 21 heavy (non-hydrogen) atoms. The predicted molar refractivity (Wildman–Crippen MR) is 87.0 cm³/mol. The molecule has 0 aliphatic carbocycles. The number of hydrogen-bond donors (Lipinski definition) is 2. The Bertz CT molecular complexity index is 585. The molecule has 0 amide bonds. The van der Waals surface area contributed by atoms with Crippen LogP contribution in [0.5, 0.6) is 5.75 Å². The quantitative estimate of drug-likeness (QED) is 0.594. The predicted octanol–water partition coefficient (Wildman–Crippen LogP) is 2.81. The van der Waals surface area contributed by atoms with Crippen LogP contribution >= 0.6 is 15.9 Å². The summed E-state index contributed by atoms with van der Waals surface area (Å²) in [5.41, 5.74) is 5.07. The van der Waals surface area contributed by atoms with Gasteiger partial charge in [-0.3, -0.25) is 16.0 Å². The van der Waals surface area contributed by atoms with Crippen molar-refractivity contribution in [3.63, 3.8) is 0 Å². The number of nitrogens with two attached hydrogens (primary N) is 1. The van der Waals surface area contributed by atoms with Crippen LogP contribution in [0.2, 0.25) is 0 Å². The van der Waals surface area contributed by atoms with Crippen LogP contribution in [0.3, 0.4) is 0 Å². The number of benzene rings is 1. The first-order valence-corrected chi connectivity index (χ1v) is 7.79. The van der Waals surface area contributed by atoms with Crippen molar-refractivity contribution >= 4 is 15.9 Å². The van der Waals surface area contributed by atoms with Crippen molar-refractivity contribution in [2.45, 2.75) is 32.4 Å². The van der Waals surface area contributed by atoms with Crippen LogP contribution in [-0.2, 0) is 13.0 Å². The molecule has 3 N–H and O–H groups in total. The van der Waals surface area contributed by atoms with Crippen LogP contribution in [0.15, 0.2) is 34.9 Å². The molecule has 1 unspecified atom stereocenters. The van der Waals surface area contributed by atoms with Gasteiger partial charge in [0.05, 0.1) is 29.5 Å². The van der Waals surface area contributed by atoms with Gasteiger partial charge >= 0.3 is 0 Å². The van der Waals surface area contributed by atoms with Crippen molar-refractivity contribution in [2.75, 3.05) is 7.11 Å². The lowest BCUT2D eigenvalue weighted by molar-refractivity contribution is 0.403. The minimum atomic E-state index is -0.0373. The van der Waals surface area contributed by atoms with E-state index in [4.69, 9.17) is 10.6 Å². The Morgan fingerprint density at radius 3 is 2.86 bits per heavy atom. The van der Waals surface area contributed by atoms with Gasteiger partial charge in [0.1, 0.15) is 5.75 Å². The van der Waals surface area contributed by atoms with Crippen molar-refractivity contribution in [3.05, 3.63) is 46.2 Å². The van der Waals surface area contributed by atoms with Gasteiger partial charge in [-0.15, -0.1) is 0 Å². The summed E-state index contributed by atoms with van der Waals surface area (Å²) in [5.74, 6) is 6.66. The fourth-order valence-corrected chi connectivity index (χ4v) is 3.01. The summed E-state index contributed by atoms with van der Waals surface area (Å²) >= 11 is 3.57. The fraction of sp³-hybridized carbons (Fsp3) is 0.400. The third-order valence-corrected chi connectivity index (χ3v) is 4.03. The standard InChI is InChI=1S/C15H21BrN4O/c1-3-8-20-15(12(16)10-18-20)13(19-17)9-11-6-4-5-7-14(11)21-2/h4-7,10,13,19H,3,8-9,17H2,1-2H3. The monoisotopic (exact) mass is 352 g/mol. The number of aryl methyl sites for hydroxylation is 1. The Morgan fingerprint density at radius 2 is 2.19 bits per heavy atom. The van der Waals surface area contributed by atoms with E-state index in [1.165, 1.54) is 0 Å². The molecule has 2 aromatic rings. The van der Waals surface area contributed by atoms with Crippen molar-refractivity contribution in [1.82, 2.24) is 15.2 Å². The maximum atomic E-state index is 5.78. The average molecular weight is 353 g/mol. The Labute approximate surface area is 133 Å². The minimum absolute atomic E-state index is 0.0373. The van der Waals surface area contributed by atoms with Gasteiger partial charge in [-0.1, -0.05) is 25.1 Å². The van der Waals surface area contributed by atoms with Gasteiger partial charge in [0.15, 0.2) is 0 Å². The first-order valence-electron chi connectivity index (χ1n) is 7.00. The average Bonchev–Trinajstić information content (AvgIpc) is 2.86. The molecule has 0 aliphatic rings. The molecule has 6 heteroatoms. The second-order valence-electron chi connectivity index (χ2n) is 4.84. The molecule has 1 aromatic heterocycles. The number of rotatable bonds is 7. The lowest BCUT2D eigenvalue weighted by Gasteiger charge is -2.19. The number of nitrogens with zero attached hydrogens (tertiary/aromatic N) is 2. The molecule has 0 fully saturated rings. The van der Waals surface area contributed by atoms with Crippen molar-refractivity contribution < 1.29 is 4.74 Å².